The van der Waals surface area contributed by atoms with Gasteiger partial charge in [-0.05, 0) is 77.0 Å². The Morgan fingerprint density at radius 1 is 0.582 bits per heavy atom. The molecule has 0 aromatic rings. The van der Waals surface area contributed by atoms with E-state index in [0.717, 1.165) is 89.9 Å². The first-order valence-corrected chi connectivity index (χ1v) is 21.0. The van der Waals surface area contributed by atoms with Gasteiger partial charge in [0.2, 0.25) is 0 Å². The van der Waals surface area contributed by atoms with Crippen molar-refractivity contribution in [3.63, 3.8) is 0 Å². The minimum absolute atomic E-state index is 0.185. The number of carbonyl (C=O) groups is 2. The Morgan fingerprint density at radius 3 is 1.65 bits per heavy atom. The van der Waals surface area contributed by atoms with Crippen LogP contribution >= 0.6 is 0 Å². The molecule has 1 fully saturated rings. The number of carbonyl (C=O) groups excluding carboxylic acids is 2. The minimum Gasteiger partial charge on any atom is -0.462 e. The van der Waals surface area contributed by atoms with E-state index >= 15 is 0 Å². The fraction of sp³-hybridized carbons (Fsp3) is 0.689. The summed E-state index contributed by atoms with van der Waals surface area (Å²) in [6.45, 7) is 3.20. The van der Waals surface area contributed by atoms with E-state index in [-0.39, 0.29) is 26.1 Å². The highest BCUT2D eigenvalue weighted by Gasteiger charge is 2.44. The number of hydrogen-bond donors (Lipinski definition) is 4. The Kier molecular flexibility index (Phi) is 32.4. The molecule has 1 saturated heterocycles. The van der Waals surface area contributed by atoms with Gasteiger partial charge in [-0.15, -0.1) is 0 Å². The topological polar surface area (TPSA) is 152 Å². The summed E-state index contributed by atoms with van der Waals surface area (Å²) < 4.78 is 22.0. The van der Waals surface area contributed by atoms with Crippen LogP contribution in [0.5, 0.6) is 0 Å². The van der Waals surface area contributed by atoms with E-state index < -0.39 is 55.4 Å². The molecule has 314 valence electrons. The molecule has 1 aliphatic rings. The van der Waals surface area contributed by atoms with Crippen LogP contribution in [0.2, 0.25) is 0 Å². The highest BCUT2D eigenvalue weighted by Crippen LogP contribution is 2.22. The molecule has 0 radical (unpaired) electrons. The van der Waals surface area contributed by atoms with Crippen molar-refractivity contribution in [2.45, 2.75) is 179 Å². The van der Waals surface area contributed by atoms with Gasteiger partial charge in [0.25, 0.3) is 0 Å². The lowest BCUT2D eigenvalue weighted by molar-refractivity contribution is -0.305. The van der Waals surface area contributed by atoms with Gasteiger partial charge in [-0.25, -0.2) is 0 Å². The van der Waals surface area contributed by atoms with Gasteiger partial charge in [-0.1, -0.05) is 125 Å². The van der Waals surface area contributed by atoms with Crippen LogP contribution in [0.4, 0.5) is 0 Å². The molecule has 0 saturated carbocycles. The second kappa shape index (κ2) is 35.5. The molecular formula is C45H74O10. The molecular weight excluding hydrogens is 700 g/mol. The van der Waals surface area contributed by atoms with Crippen LogP contribution in [0.15, 0.2) is 72.9 Å². The molecule has 0 bridgehead atoms. The van der Waals surface area contributed by atoms with Crippen LogP contribution < -0.4 is 0 Å². The number of unbranched alkanes of at least 4 members (excludes halogenated alkanes) is 10. The van der Waals surface area contributed by atoms with Crippen molar-refractivity contribution in [2.75, 3.05) is 19.8 Å². The summed E-state index contributed by atoms with van der Waals surface area (Å²) in [7, 11) is 0. The molecule has 0 aromatic carbocycles. The molecule has 0 aromatic heterocycles. The Balaban J connectivity index is 2.39. The van der Waals surface area contributed by atoms with E-state index in [1.165, 1.54) is 12.8 Å². The summed E-state index contributed by atoms with van der Waals surface area (Å²) in [6, 6.07) is 0. The van der Waals surface area contributed by atoms with Crippen LogP contribution in [-0.2, 0) is 28.5 Å². The maximum absolute atomic E-state index is 12.7. The summed E-state index contributed by atoms with van der Waals surface area (Å²) in [5.41, 5.74) is 0. The Labute approximate surface area is 332 Å². The average Bonchev–Trinajstić information content (AvgIpc) is 3.18. The van der Waals surface area contributed by atoms with Gasteiger partial charge in [-0.2, -0.15) is 0 Å². The first-order valence-electron chi connectivity index (χ1n) is 21.0. The molecule has 55 heavy (non-hydrogen) atoms. The molecule has 10 heteroatoms. The van der Waals surface area contributed by atoms with Crippen molar-refractivity contribution in [3.8, 4) is 0 Å². The summed E-state index contributed by atoms with van der Waals surface area (Å²) in [5.74, 6) is -0.865. The highest BCUT2D eigenvalue weighted by molar-refractivity contribution is 5.70. The van der Waals surface area contributed by atoms with Crippen molar-refractivity contribution in [1.29, 1.82) is 0 Å². The monoisotopic (exact) mass is 775 g/mol. The lowest BCUT2D eigenvalue weighted by atomic mass is 9.99. The van der Waals surface area contributed by atoms with Gasteiger partial charge in [-0.3, -0.25) is 9.59 Å². The van der Waals surface area contributed by atoms with Crippen molar-refractivity contribution in [3.05, 3.63) is 72.9 Å². The zero-order valence-electron chi connectivity index (χ0n) is 33.9. The molecule has 1 rings (SSSR count). The fourth-order valence-corrected chi connectivity index (χ4v) is 5.72. The third-order valence-corrected chi connectivity index (χ3v) is 9.08. The average molecular weight is 775 g/mol. The van der Waals surface area contributed by atoms with E-state index in [4.69, 9.17) is 18.9 Å². The summed E-state index contributed by atoms with van der Waals surface area (Å²) >= 11 is 0. The second-order valence-electron chi connectivity index (χ2n) is 14.1. The lowest BCUT2D eigenvalue weighted by Gasteiger charge is -2.39. The van der Waals surface area contributed by atoms with Gasteiger partial charge in [0.15, 0.2) is 12.4 Å². The summed E-state index contributed by atoms with van der Waals surface area (Å²) in [4.78, 5) is 25.2. The molecule has 4 N–H and O–H groups in total. The van der Waals surface area contributed by atoms with Crippen LogP contribution in [-0.4, -0.2) is 89.0 Å². The highest BCUT2D eigenvalue weighted by atomic mass is 16.7. The van der Waals surface area contributed by atoms with Crippen molar-refractivity contribution in [1.82, 2.24) is 0 Å². The van der Waals surface area contributed by atoms with E-state index in [1.807, 2.05) is 0 Å². The SMILES string of the molecule is CC/C=C/C/C=C/C/C=C/C/C=C/C/C=C/CCCCCC(=O)O[C@H](COC(=O)CCCCCCC/C=C/CCCC)CO[C@@H]1O[C@H](CO)[C@H](O)C(O)C1O. The quantitative estimate of drug-likeness (QED) is 0.0291. The van der Waals surface area contributed by atoms with Gasteiger partial charge >= 0.3 is 11.9 Å². The molecule has 0 spiro atoms. The van der Waals surface area contributed by atoms with Gasteiger partial charge < -0.3 is 39.4 Å². The summed E-state index contributed by atoms with van der Waals surface area (Å²) in [6.07, 6.45) is 36.2. The van der Waals surface area contributed by atoms with E-state index in [2.05, 4.69) is 86.8 Å². The number of ether oxygens (including phenoxy) is 4. The first kappa shape index (κ1) is 50.2. The smallest absolute Gasteiger partial charge is 0.306 e. The van der Waals surface area contributed by atoms with Crippen molar-refractivity contribution < 1.29 is 49.0 Å². The zero-order valence-corrected chi connectivity index (χ0v) is 33.9. The normalized spacial score (nSPS) is 21.3. The predicted molar refractivity (Wildman–Crippen MR) is 219 cm³/mol. The molecule has 6 atom stereocenters. The van der Waals surface area contributed by atoms with Crippen LogP contribution in [0.1, 0.15) is 142 Å². The number of hydrogen-bond acceptors (Lipinski definition) is 10. The van der Waals surface area contributed by atoms with Crippen molar-refractivity contribution in [2.24, 2.45) is 0 Å². The van der Waals surface area contributed by atoms with E-state index in [9.17, 15) is 30.0 Å². The predicted octanol–water partition coefficient (Wildman–Crippen LogP) is 8.44. The lowest BCUT2D eigenvalue weighted by Crippen LogP contribution is -2.59. The molecule has 0 amide bonds. The number of rotatable bonds is 33. The maximum Gasteiger partial charge on any atom is 0.306 e. The summed E-state index contributed by atoms with van der Waals surface area (Å²) in [5, 5.41) is 40.0. The Bertz CT molecular complexity index is 1120. The third-order valence-electron chi connectivity index (χ3n) is 9.08. The number of aliphatic hydroxyl groups excluding tert-OH is 4. The maximum atomic E-state index is 12.7. The Morgan fingerprint density at radius 2 is 1.07 bits per heavy atom. The number of allylic oxidation sites excluding steroid dienone is 12. The van der Waals surface area contributed by atoms with E-state index in [0.29, 0.717) is 12.8 Å². The van der Waals surface area contributed by atoms with Crippen LogP contribution in [0, 0.1) is 0 Å². The fourth-order valence-electron chi connectivity index (χ4n) is 5.72. The number of aliphatic hydroxyl groups is 4. The molecule has 10 nitrogen and oxygen atoms in total. The minimum atomic E-state index is -1.61. The third kappa shape index (κ3) is 27.4. The molecule has 0 aliphatic carbocycles. The Hall–Kier alpha value is -2.86. The van der Waals surface area contributed by atoms with Crippen LogP contribution in [0.3, 0.4) is 0 Å². The second-order valence-corrected chi connectivity index (χ2v) is 14.1. The molecule has 1 heterocycles. The number of esters is 2. The largest absolute Gasteiger partial charge is 0.462 e. The van der Waals surface area contributed by atoms with Crippen LogP contribution in [0.25, 0.3) is 0 Å². The van der Waals surface area contributed by atoms with Crippen molar-refractivity contribution >= 4 is 11.9 Å². The molecule has 2 unspecified atom stereocenters. The van der Waals surface area contributed by atoms with Gasteiger partial charge in [0, 0.05) is 12.8 Å². The zero-order chi connectivity index (χ0) is 40.2. The van der Waals surface area contributed by atoms with Gasteiger partial charge in [0.1, 0.15) is 31.0 Å². The first-order chi connectivity index (χ1) is 26.8. The standard InChI is InChI=1S/C45H74O10/c1-3-5-7-9-11-13-15-16-17-18-19-20-21-22-24-26-28-30-32-34-41(48)54-38(37-53-45-44(51)43(50)42(49)39(35-46)55-45)36-52-40(47)33-31-29-27-25-23-14-12-10-8-6-4-2/h5,7,10-13,16-17,19-20,22,24,38-39,42-46,49-51H,3-4,6,8-9,14-15,18,21,23,25-37H2,1-2H3/b7-5+,12-10+,13-11+,17-16+,20-19+,24-22+/t38-,39-,42+,43?,44?,45-/m1/s1. The van der Waals surface area contributed by atoms with Gasteiger partial charge in [0.05, 0.1) is 13.2 Å². The van der Waals surface area contributed by atoms with E-state index in [1.54, 1.807) is 0 Å². The molecule has 1 aliphatic heterocycles.